The van der Waals surface area contributed by atoms with Crippen molar-refractivity contribution >= 4 is 39.1 Å². The van der Waals surface area contributed by atoms with Crippen molar-refractivity contribution in [3.8, 4) is 0 Å². The van der Waals surface area contributed by atoms with Crippen molar-refractivity contribution in [3.63, 3.8) is 0 Å². The number of anilines is 1. The Bertz CT molecular complexity index is 1460. The van der Waals surface area contributed by atoms with E-state index in [4.69, 9.17) is 11.6 Å². The summed E-state index contributed by atoms with van der Waals surface area (Å²) in [6.45, 7) is 2.18. The molecule has 0 aromatic heterocycles. The Labute approximate surface area is 254 Å². The largest absolute Gasteiger partial charge is 0.352 e. The van der Waals surface area contributed by atoms with Gasteiger partial charge in [-0.2, -0.15) is 0 Å². The third-order valence-electron chi connectivity index (χ3n) is 7.81. The summed E-state index contributed by atoms with van der Waals surface area (Å²) >= 11 is 6.52. The van der Waals surface area contributed by atoms with Crippen molar-refractivity contribution in [1.82, 2.24) is 10.2 Å². The lowest BCUT2D eigenvalue weighted by Crippen LogP contribution is -2.52. The van der Waals surface area contributed by atoms with Gasteiger partial charge >= 0.3 is 0 Å². The number of sulfonamides is 1. The first kappa shape index (κ1) is 31.6. The summed E-state index contributed by atoms with van der Waals surface area (Å²) in [6.07, 6.45) is 5.92. The van der Waals surface area contributed by atoms with Gasteiger partial charge in [0.2, 0.25) is 21.8 Å². The number of halogens is 1. The first-order chi connectivity index (χ1) is 20.1. The predicted molar refractivity (Wildman–Crippen MR) is 169 cm³/mol. The molecule has 0 heterocycles. The van der Waals surface area contributed by atoms with Gasteiger partial charge < -0.3 is 10.2 Å². The number of aryl methyl sites for hydroxylation is 1. The Morgan fingerprint density at radius 2 is 1.60 bits per heavy atom. The number of benzene rings is 3. The third kappa shape index (κ3) is 8.58. The highest BCUT2D eigenvalue weighted by Crippen LogP contribution is 2.25. The molecule has 3 aromatic rings. The van der Waals surface area contributed by atoms with Crippen LogP contribution in [-0.4, -0.2) is 50.0 Å². The minimum absolute atomic E-state index is 0.0738. The molecule has 3 aromatic carbocycles. The maximum Gasteiger partial charge on any atom is 0.243 e. The molecule has 1 aliphatic carbocycles. The van der Waals surface area contributed by atoms with Crippen LogP contribution in [0.5, 0.6) is 0 Å². The number of hydrogen-bond donors (Lipinski definition) is 1. The molecule has 1 saturated carbocycles. The van der Waals surface area contributed by atoms with E-state index >= 15 is 0 Å². The van der Waals surface area contributed by atoms with Crippen LogP contribution in [0.15, 0.2) is 78.9 Å². The van der Waals surface area contributed by atoms with Gasteiger partial charge in [0.25, 0.3) is 0 Å². The first-order valence-corrected chi connectivity index (χ1v) is 16.8. The SMILES string of the molecule is Cc1ccccc1N(CCCC(=O)N(Cc1ccccc1Cl)C(Cc1ccccc1)C(=O)NC1CCCC1)S(C)(=O)=O. The van der Waals surface area contributed by atoms with Crippen LogP contribution in [0.25, 0.3) is 0 Å². The molecule has 42 heavy (non-hydrogen) atoms. The topological polar surface area (TPSA) is 86.8 Å². The second kappa shape index (κ2) is 14.7. The summed E-state index contributed by atoms with van der Waals surface area (Å²) in [7, 11) is -3.57. The molecule has 2 amide bonds. The van der Waals surface area contributed by atoms with E-state index in [1.807, 2.05) is 67.6 Å². The average Bonchev–Trinajstić information content (AvgIpc) is 3.47. The van der Waals surface area contributed by atoms with Crippen LogP contribution < -0.4 is 9.62 Å². The monoisotopic (exact) mass is 609 g/mol. The first-order valence-electron chi connectivity index (χ1n) is 14.5. The van der Waals surface area contributed by atoms with E-state index in [1.165, 1.54) is 10.6 Å². The van der Waals surface area contributed by atoms with Crippen molar-refractivity contribution in [3.05, 3.63) is 101 Å². The zero-order valence-corrected chi connectivity index (χ0v) is 25.9. The van der Waals surface area contributed by atoms with Gasteiger partial charge in [0.15, 0.2) is 0 Å². The molecule has 1 atom stereocenters. The molecule has 0 saturated heterocycles. The normalized spacial score (nSPS) is 14.4. The van der Waals surface area contributed by atoms with Crippen LogP contribution in [0.3, 0.4) is 0 Å². The lowest BCUT2D eigenvalue weighted by molar-refractivity contribution is -0.141. The van der Waals surface area contributed by atoms with E-state index in [0.29, 0.717) is 23.6 Å². The molecule has 0 aliphatic heterocycles. The summed E-state index contributed by atoms with van der Waals surface area (Å²) in [6, 6.07) is 23.7. The smallest absolute Gasteiger partial charge is 0.243 e. The second-order valence-corrected chi connectivity index (χ2v) is 13.3. The molecule has 9 heteroatoms. The predicted octanol–water partition coefficient (Wildman–Crippen LogP) is 5.89. The molecule has 1 fully saturated rings. The summed E-state index contributed by atoms with van der Waals surface area (Å²) in [4.78, 5) is 29.5. The Hall–Kier alpha value is -3.36. The summed E-state index contributed by atoms with van der Waals surface area (Å²) < 4.78 is 26.8. The van der Waals surface area contributed by atoms with Gasteiger partial charge in [0, 0.05) is 37.0 Å². The fourth-order valence-electron chi connectivity index (χ4n) is 5.56. The van der Waals surface area contributed by atoms with E-state index < -0.39 is 16.1 Å². The number of carbonyl (C=O) groups is 2. The van der Waals surface area contributed by atoms with E-state index in [0.717, 1.165) is 42.4 Å². The Morgan fingerprint density at radius 1 is 0.952 bits per heavy atom. The van der Waals surface area contributed by atoms with Gasteiger partial charge in [0.1, 0.15) is 6.04 Å². The summed E-state index contributed by atoms with van der Waals surface area (Å²) in [5.74, 6) is -0.403. The number of carbonyl (C=O) groups excluding carboxylic acids is 2. The molecule has 7 nitrogen and oxygen atoms in total. The number of rotatable bonds is 13. The standard InChI is InChI=1S/C33H40ClN3O4S/c1-25-13-6-11-20-30(25)37(42(2,40)41)22-12-21-32(38)36(24-27-16-7-10-19-29(27)34)31(23-26-14-4-3-5-15-26)33(39)35-28-17-8-9-18-28/h3-7,10-11,13-16,19-20,28,31H,8-9,12,17-18,21-24H2,1-2H3,(H,35,39). The van der Waals surface area contributed by atoms with Crippen LogP contribution in [0, 0.1) is 6.92 Å². The lowest BCUT2D eigenvalue weighted by atomic mass is 10.0. The Morgan fingerprint density at radius 3 is 2.26 bits per heavy atom. The fourth-order valence-corrected chi connectivity index (χ4v) is 6.78. The number of para-hydroxylation sites is 1. The molecule has 1 N–H and O–H groups in total. The highest BCUT2D eigenvalue weighted by atomic mass is 35.5. The molecule has 0 radical (unpaired) electrons. The number of hydrogen-bond acceptors (Lipinski definition) is 4. The van der Waals surface area contributed by atoms with Crippen molar-refractivity contribution in [2.75, 3.05) is 17.1 Å². The molecule has 0 spiro atoms. The van der Waals surface area contributed by atoms with E-state index in [2.05, 4.69) is 5.32 Å². The van der Waals surface area contributed by atoms with E-state index in [-0.39, 0.29) is 37.4 Å². The number of nitrogens with one attached hydrogen (secondary N) is 1. The second-order valence-electron chi connectivity index (χ2n) is 11.0. The summed E-state index contributed by atoms with van der Waals surface area (Å²) in [5, 5.41) is 3.72. The van der Waals surface area contributed by atoms with Gasteiger partial charge in [-0.25, -0.2) is 8.42 Å². The van der Waals surface area contributed by atoms with Crippen molar-refractivity contribution in [2.24, 2.45) is 0 Å². The maximum absolute atomic E-state index is 14.0. The molecule has 1 unspecified atom stereocenters. The minimum atomic E-state index is -3.57. The molecule has 0 bridgehead atoms. The highest BCUT2D eigenvalue weighted by Gasteiger charge is 2.32. The lowest BCUT2D eigenvalue weighted by Gasteiger charge is -2.33. The molecule has 1 aliphatic rings. The number of amides is 2. The zero-order valence-electron chi connectivity index (χ0n) is 24.3. The van der Waals surface area contributed by atoms with Crippen molar-refractivity contribution in [2.45, 2.75) is 70.5 Å². The van der Waals surface area contributed by atoms with Crippen LogP contribution in [0.4, 0.5) is 5.69 Å². The summed E-state index contributed by atoms with van der Waals surface area (Å²) in [5.41, 5.74) is 3.13. The van der Waals surface area contributed by atoms with Crippen molar-refractivity contribution in [1.29, 1.82) is 0 Å². The fraction of sp³-hybridized carbons (Fsp3) is 0.394. The molecular formula is C33H40ClN3O4S. The third-order valence-corrected chi connectivity index (χ3v) is 9.36. The van der Waals surface area contributed by atoms with Crippen molar-refractivity contribution < 1.29 is 18.0 Å². The zero-order chi connectivity index (χ0) is 30.1. The van der Waals surface area contributed by atoms with E-state index in [1.54, 1.807) is 23.1 Å². The maximum atomic E-state index is 14.0. The van der Waals surface area contributed by atoms with E-state index in [9.17, 15) is 18.0 Å². The number of nitrogens with zero attached hydrogens (tertiary/aromatic N) is 2. The van der Waals surface area contributed by atoms with Crippen LogP contribution in [0.2, 0.25) is 5.02 Å². The van der Waals surface area contributed by atoms with Crippen LogP contribution >= 0.6 is 11.6 Å². The van der Waals surface area contributed by atoms with Gasteiger partial charge in [-0.05, 0) is 55.0 Å². The van der Waals surface area contributed by atoms with Gasteiger partial charge in [-0.15, -0.1) is 0 Å². The minimum Gasteiger partial charge on any atom is -0.352 e. The molecular weight excluding hydrogens is 570 g/mol. The van der Waals surface area contributed by atoms with Gasteiger partial charge in [-0.1, -0.05) is 91.2 Å². The highest BCUT2D eigenvalue weighted by molar-refractivity contribution is 7.92. The van der Waals surface area contributed by atoms with Crippen LogP contribution in [0.1, 0.15) is 55.2 Å². The molecule has 224 valence electrons. The van der Waals surface area contributed by atoms with Gasteiger partial charge in [0.05, 0.1) is 11.9 Å². The quantitative estimate of drug-likeness (QED) is 0.262. The Kier molecular flexibility index (Phi) is 11.0. The Balaban J connectivity index is 1.60. The molecule has 4 rings (SSSR count). The van der Waals surface area contributed by atoms with Gasteiger partial charge in [-0.3, -0.25) is 13.9 Å². The average molecular weight is 610 g/mol. The van der Waals surface area contributed by atoms with Crippen LogP contribution in [-0.2, 0) is 32.6 Å².